The van der Waals surface area contributed by atoms with Crippen molar-refractivity contribution in [2.45, 2.75) is 0 Å². The summed E-state index contributed by atoms with van der Waals surface area (Å²) in [6, 6.07) is 3.47. The molecule has 1 aromatic rings. The first-order valence-corrected chi connectivity index (χ1v) is 3.93. The van der Waals surface area contributed by atoms with Crippen molar-refractivity contribution in [3.8, 4) is 0 Å². The van der Waals surface area contributed by atoms with E-state index in [1.807, 2.05) is 0 Å². The second-order valence-electron chi connectivity index (χ2n) is 2.61. The smallest absolute Gasteiger partial charge is 0.256 e. The van der Waals surface area contributed by atoms with Gasteiger partial charge in [-0.25, -0.2) is 0 Å². The van der Waals surface area contributed by atoms with E-state index in [4.69, 9.17) is 12.2 Å². The Labute approximate surface area is 76.0 Å². The van der Waals surface area contributed by atoms with Crippen molar-refractivity contribution in [2.24, 2.45) is 0 Å². The number of nitrogens with zero attached hydrogens (tertiary/aromatic N) is 1. The lowest BCUT2D eigenvalue weighted by Gasteiger charge is -2.09. The molecule has 0 aromatic carbocycles. The average molecular weight is 182 g/mol. The minimum Gasteiger partial charge on any atom is -0.352 e. The van der Waals surface area contributed by atoms with Crippen LogP contribution in [0.4, 0.5) is 0 Å². The fourth-order valence-electron chi connectivity index (χ4n) is 0.831. The average Bonchev–Trinajstić information content (AvgIpc) is 2.04. The molecular formula is C8H10N2OS. The quantitative estimate of drug-likeness (QED) is 0.667. The van der Waals surface area contributed by atoms with Crippen LogP contribution in [0.2, 0.25) is 0 Å². The van der Waals surface area contributed by atoms with Crippen LogP contribution in [0.3, 0.4) is 0 Å². The van der Waals surface area contributed by atoms with Crippen LogP contribution < -0.4 is 0 Å². The van der Waals surface area contributed by atoms with Gasteiger partial charge in [0, 0.05) is 20.3 Å². The van der Waals surface area contributed by atoms with Crippen molar-refractivity contribution in [1.82, 2.24) is 9.88 Å². The van der Waals surface area contributed by atoms with E-state index in [0.29, 0.717) is 10.2 Å². The lowest BCUT2D eigenvalue weighted by molar-refractivity contribution is 0.0826. The minimum absolute atomic E-state index is 0.0724. The first-order chi connectivity index (χ1) is 5.63. The van der Waals surface area contributed by atoms with Gasteiger partial charge in [0.25, 0.3) is 5.91 Å². The highest BCUT2D eigenvalue weighted by Crippen LogP contribution is 2.01. The van der Waals surface area contributed by atoms with Crippen molar-refractivity contribution >= 4 is 18.1 Å². The van der Waals surface area contributed by atoms with Gasteiger partial charge in [-0.3, -0.25) is 4.79 Å². The number of hydrogen-bond donors (Lipinski definition) is 1. The topological polar surface area (TPSA) is 36.1 Å². The molecule has 0 spiro atoms. The van der Waals surface area contributed by atoms with Crippen molar-refractivity contribution in [2.75, 3.05) is 14.1 Å². The monoisotopic (exact) mass is 182 g/mol. The second-order valence-corrected chi connectivity index (χ2v) is 3.02. The molecule has 0 radical (unpaired) electrons. The second kappa shape index (κ2) is 3.49. The van der Waals surface area contributed by atoms with Gasteiger partial charge >= 0.3 is 0 Å². The summed E-state index contributed by atoms with van der Waals surface area (Å²) in [7, 11) is 3.40. The highest BCUT2D eigenvalue weighted by molar-refractivity contribution is 7.71. The lowest BCUT2D eigenvalue weighted by atomic mass is 10.2. The van der Waals surface area contributed by atoms with Crippen LogP contribution in [0.1, 0.15) is 10.4 Å². The van der Waals surface area contributed by atoms with E-state index in [0.717, 1.165) is 0 Å². The van der Waals surface area contributed by atoms with Gasteiger partial charge in [-0.1, -0.05) is 12.2 Å². The van der Waals surface area contributed by atoms with Crippen LogP contribution in [0.25, 0.3) is 0 Å². The summed E-state index contributed by atoms with van der Waals surface area (Å²) < 4.78 is 0.483. The summed E-state index contributed by atoms with van der Waals surface area (Å²) in [4.78, 5) is 15.7. The summed E-state index contributed by atoms with van der Waals surface area (Å²) in [5, 5.41) is 0. The van der Waals surface area contributed by atoms with Gasteiger partial charge in [-0.2, -0.15) is 0 Å². The number of aromatic nitrogens is 1. The zero-order valence-corrected chi connectivity index (χ0v) is 7.81. The maximum Gasteiger partial charge on any atom is 0.256 e. The number of aromatic amines is 1. The molecule has 1 N–H and O–H groups in total. The third-order valence-electron chi connectivity index (χ3n) is 1.45. The largest absolute Gasteiger partial charge is 0.352 e. The van der Waals surface area contributed by atoms with Crippen LogP contribution in [0.5, 0.6) is 0 Å². The number of carbonyl (C=O) groups is 1. The highest BCUT2D eigenvalue weighted by atomic mass is 32.1. The number of carbonyl (C=O) groups excluding carboxylic acids is 1. The van der Waals surface area contributed by atoms with Crippen LogP contribution in [-0.2, 0) is 0 Å². The molecular weight excluding hydrogens is 172 g/mol. The summed E-state index contributed by atoms with van der Waals surface area (Å²) in [5.41, 5.74) is 0.539. The van der Waals surface area contributed by atoms with E-state index in [1.165, 1.54) is 4.90 Å². The molecule has 64 valence electrons. The summed E-state index contributed by atoms with van der Waals surface area (Å²) >= 11 is 4.94. The molecule has 0 aliphatic heterocycles. The third kappa shape index (κ3) is 1.71. The molecule has 0 unspecified atom stereocenters. The Hall–Kier alpha value is -1.16. The SMILES string of the molecule is CN(C)C(=O)c1ccc[nH]c1=S. The van der Waals surface area contributed by atoms with Crippen molar-refractivity contribution in [3.63, 3.8) is 0 Å². The summed E-state index contributed by atoms with van der Waals surface area (Å²) in [6.45, 7) is 0. The fraction of sp³-hybridized carbons (Fsp3) is 0.250. The zero-order chi connectivity index (χ0) is 9.14. The van der Waals surface area contributed by atoms with Gasteiger partial charge in [-0.15, -0.1) is 0 Å². The third-order valence-corrected chi connectivity index (χ3v) is 1.79. The highest BCUT2D eigenvalue weighted by Gasteiger charge is 2.08. The van der Waals surface area contributed by atoms with Crippen LogP contribution in [0.15, 0.2) is 18.3 Å². The summed E-state index contributed by atoms with van der Waals surface area (Å²) in [5.74, 6) is -0.0724. The van der Waals surface area contributed by atoms with E-state index in [2.05, 4.69) is 4.98 Å². The normalized spacial score (nSPS) is 9.50. The number of nitrogens with one attached hydrogen (secondary N) is 1. The van der Waals surface area contributed by atoms with Gasteiger partial charge in [0.1, 0.15) is 4.64 Å². The number of H-pyrrole nitrogens is 1. The number of hydrogen-bond acceptors (Lipinski definition) is 2. The van der Waals surface area contributed by atoms with Crippen LogP contribution in [-0.4, -0.2) is 29.9 Å². The predicted octanol–water partition coefficient (Wildman–Crippen LogP) is 1.45. The van der Waals surface area contributed by atoms with E-state index < -0.39 is 0 Å². The maximum absolute atomic E-state index is 11.4. The molecule has 0 aliphatic rings. The number of amides is 1. The summed E-state index contributed by atoms with van der Waals surface area (Å²) in [6.07, 6.45) is 1.70. The fourth-order valence-corrected chi connectivity index (χ4v) is 1.05. The number of pyridine rings is 1. The molecule has 12 heavy (non-hydrogen) atoms. The number of rotatable bonds is 1. The lowest BCUT2D eigenvalue weighted by Crippen LogP contribution is -2.22. The molecule has 1 aromatic heterocycles. The molecule has 1 amide bonds. The van der Waals surface area contributed by atoms with E-state index in [9.17, 15) is 4.79 Å². The van der Waals surface area contributed by atoms with Gasteiger partial charge in [-0.05, 0) is 12.1 Å². The van der Waals surface area contributed by atoms with Gasteiger partial charge < -0.3 is 9.88 Å². The van der Waals surface area contributed by atoms with Gasteiger partial charge in [0.15, 0.2) is 0 Å². The Kier molecular flexibility index (Phi) is 2.60. The van der Waals surface area contributed by atoms with Crippen LogP contribution >= 0.6 is 12.2 Å². The van der Waals surface area contributed by atoms with Crippen molar-refractivity contribution < 1.29 is 4.79 Å². The molecule has 0 atom stereocenters. The molecule has 0 aliphatic carbocycles. The van der Waals surface area contributed by atoms with E-state index in [1.54, 1.807) is 32.4 Å². The maximum atomic E-state index is 11.4. The Balaban J connectivity index is 3.12. The zero-order valence-electron chi connectivity index (χ0n) is 7.00. The molecule has 0 bridgehead atoms. The minimum atomic E-state index is -0.0724. The van der Waals surface area contributed by atoms with Gasteiger partial charge in [0.05, 0.1) is 5.56 Å². The predicted molar refractivity (Wildman–Crippen MR) is 49.6 cm³/mol. The molecule has 0 fully saturated rings. The van der Waals surface area contributed by atoms with Gasteiger partial charge in [0.2, 0.25) is 0 Å². The molecule has 1 heterocycles. The Morgan fingerprint density at radius 2 is 2.25 bits per heavy atom. The van der Waals surface area contributed by atoms with Crippen LogP contribution in [0, 0.1) is 4.64 Å². The standard InChI is InChI=1S/C8H10N2OS/c1-10(2)8(11)6-4-3-5-9-7(6)12/h3-5H,1-2H3,(H,9,12). The van der Waals surface area contributed by atoms with Crippen molar-refractivity contribution in [3.05, 3.63) is 28.5 Å². The van der Waals surface area contributed by atoms with E-state index >= 15 is 0 Å². The molecule has 0 saturated heterocycles. The molecule has 1 rings (SSSR count). The van der Waals surface area contributed by atoms with E-state index in [-0.39, 0.29) is 5.91 Å². The Morgan fingerprint density at radius 1 is 1.58 bits per heavy atom. The first-order valence-electron chi connectivity index (χ1n) is 3.52. The molecule has 3 nitrogen and oxygen atoms in total. The molecule has 0 saturated carbocycles. The molecule has 4 heteroatoms. The Bertz CT molecular complexity index is 343. The van der Waals surface area contributed by atoms with Crippen molar-refractivity contribution in [1.29, 1.82) is 0 Å². The first kappa shape index (κ1) is 8.93. The Morgan fingerprint density at radius 3 is 2.75 bits per heavy atom.